The molecule has 0 aromatic carbocycles. The molecule has 1 aliphatic rings. The molecule has 2 atom stereocenters. The van der Waals surface area contributed by atoms with Crippen molar-refractivity contribution in [1.29, 1.82) is 0 Å². The third-order valence-corrected chi connectivity index (χ3v) is 4.47. The van der Waals surface area contributed by atoms with Crippen LogP contribution in [0.5, 0.6) is 5.88 Å². The number of hydrogen-bond acceptors (Lipinski definition) is 4. The van der Waals surface area contributed by atoms with Crippen molar-refractivity contribution in [3.05, 3.63) is 47.2 Å². The summed E-state index contributed by atoms with van der Waals surface area (Å²) in [6, 6.07) is 6.18. The number of alkyl halides is 1. The zero-order chi connectivity index (χ0) is 14.8. The van der Waals surface area contributed by atoms with Gasteiger partial charge < -0.3 is 4.74 Å². The van der Waals surface area contributed by atoms with E-state index in [-0.39, 0.29) is 0 Å². The number of ether oxygens (including phenoxy) is 1. The molecule has 0 saturated heterocycles. The first-order chi connectivity index (χ1) is 10.2. The quantitative estimate of drug-likeness (QED) is 0.574. The highest BCUT2D eigenvalue weighted by molar-refractivity contribution is 14.1. The summed E-state index contributed by atoms with van der Waals surface area (Å²) in [5.41, 5.74) is 3.40. The van der Waals surface area contributed by atoms with E-state index in [0.29, 0.717) is 24.3 Å². The Labute approximate surface area is 138 Å². The second-order valence-electron chi connectivity index (χ2n) is 5.55. The van der Waals surface area contributed by atoms with Gasteiger partial charge in [0.25, 0.3) is 0 Å². The number of rotatable bonds is 5. The molecule has 4 nitrogen and oxygen atoms in total. The van der Waals surface area contributed by atoms with Crippen LogP contribution in [0.4, 0.5) is 0 Å². The molecule has 2 aromatic rings. The lowest BCUT2D eigenvalue weighted by Gasteiger charge is -2.07. The van der Waals surface area contributed by atoms with Gasteiger partial charge in [-0.1, -0.05) is 28.7 Å². The Morgan fingerprint density at radius 3 is 2.86 bits per heavy atom. The molecular weight excluding hydrogens is 377 g/mol. The van der Waals surface area contributed by atoms with Gasteiger partial charge in [-0.15, -0.1) is 0 Å². The molecule has 2 aromatic heterocycles. The smallest absolute Gasteiger partial charge is 0.216 e. The van der Waals surface area contributed by atoms with Crippen LogP contribution in [0.1, 0.15) is 35.1 Å². The zero-order valence-electron chi connectivity index (χ0n) is 12.2. The van der Waals surface area contributed by atoms with Gasteiger partial charge in [-0.25, -0.2) is 4.98 Å². The molecule has 5 heteroatoms. The molecule has 0 N–H and O–H groups in total. The number of halogens is 1. The molecule has 0 spiro atoms. The van der Waals surface area contributed by atoms with E-state index in [1.165, 1.54) is 11.3 Å². The van der Waals surface area contributed by atoms with Gasteiger partial charge in [-0.3, -0.25) is 4.98 Å². The summed E-state index contributed by atoms with van der Waals surface area (Å²) in [7, 11) is 0. The highest BCUT2D eigenvalue weighted by Crippen LogP contribution is 2.46. The van der Waals surface area contributed by atoms with Crippen molar-refractivity contribution < 1.29 is 4.74 Å². The third kappa shape index (κ3) is 3.70. The summed E-state index contributed by atoms with van der Waals surface area (Å²) in [4.78, 5) is 13.2. The minimum Gasteiger partial charge on any atom is -0.477 e. The van der Waals surface area contributed by atoms with Gasteiger partial charge in [0.1, 0.15) is 5.82 Å². The van der Waals surface area contributed by atoms with E-state index in [4.69, 9.17) is 4.74 Å². The van der Waals surface area contributed by atoms with Crippen molar-refractivity contribution in [2.75, 3.05) is 6.61 Å². The van der Waals surface area contributed by atoms with Crippen molar-refractivity contribution in [2.24, 2.45) is 5.92 Å². The second-order valence-corrected chi connectivity index (χ2v) is 6.31. The highest BCUT2D eigenvalue weighted by Gasteiger charge is 2.40. The summed E-state index contributed by atoms with van der Waals surface area (Å²) in [6.45, 7) is 4.67. The van der Waals surface area contributed by atoms with Gasteiger partial charge in [0.2, 0.25) is 5.88 Å². The Morgan fingerprint density at radius 2 is 2.14 bits per heavy atom. The Morgan fingerprint density at radius 1 is 1.29 bits per heavy atom. The van der Waals surface area contributed by atoms with Crippen LogP contribution in [-0.4, -0.2) is 21.6 Å². The standard InChI is InChI=1S/C16H18IN3O/c1-10-3-4-15(18-8-10)14-5-12(14)9-21-16-6-13(7-17)19-11(2)20-16/h3-4,6,8,12,14H,5,7,9H2,1-2H3/t12-,14+/m1/s1. The molecule has 1 fully saturated rings. The van der Waals surface area contributed by atoms with Gasteiger partial charge in [0.15, 0.2) is 0 Å². The monoisotopic (exact) mass is 395 g/mol. The number of aryl methyl sites for hydroxylation is 2. The number of aromatic nitrogens is 3. The van der Waals surface area contributed by atoms with Crippen LogP contribution >= 0.6 is 22.6 Å². The summed E-state index contributed by atoms with van der Waals surface area (Å²) >= 11 is 2.30. The van der Waals surface area contributed by atoms with Crippen LogP contribution in [0.25, 0.3) is 0 Å². The zero-order valence-corrected chi connectivity index (χ0v) is 14.4. The molecule has 0 radical (unpaired) electrons. The number of nitrogens with zero attached hydrogens (tertiary/aromatic N) is 3. The average molecular weight is 395 g/mol. The lowest BCUT2D eigenvalue weighted by atomic mass is 10.2. The third-order valence-electron chi connectivity index (χ3n) is 3.69. The maximum absolute atomic E-state index is 5.85. The van der Waals surface area contributed by atoms with E-state index >= 15 is 0 Å². The van der Waals surface area contributed by atoms with E-state index in [9.17, 15) is 0 Å². The molecule has 110 valence electrons. The molecule has 0 bridgehead atoms. The lowest BCUT2D eigenvalue weighted by Crippen LogP contribution is -2.05. The predicted molar refractivity (Wildman–Crippen MR) is 89.8 cm³/mol. The molecular formula is C16H18IN3O. The summed E-state index contributed by atoms with van der Waals surface area (Å²) in [5, 5.41) is 0. The molecule has 1 saturated carbocycles. The normalized spacial score (nSPS) is 20.3. The van der Waals surface area contributed by atoms with Gasteiger partial charge >= 0.3 is 0 Å². The van der Waals surface area contributed by atoms with Crippen LogP contribution in [0.3, 0.4) is 0 Å². The van der Waals surface area contributed by atoms with Crippen LogP contribution in [-0.2, 0) is 4.43 Å². The second kappa shape index (κ2) is 6.25. The molecule has 0 aliphatic heterocycles. The first-order valence-corrected chi connectivity index (χ1v) is 8.64. The largest absolute Gasteiger partial charge is 0.477 e. The van der Waals surface area contributed by atoms with Gasteiger partial charge in [-0.05, 0) is 31.9 Å². The van der Waals surface area contributed by atoms with Crippen LogP contribution in [0, 0.1) is 19.8 Å². The minimum atomic E-state index is 0.539. The summed E-state index contributed by atoms with van der Waals surface area (Å²) in [5.74, 6) is 2.56. The SMILES string of the molecule is Cc1ccc([C@H]2C[C@@H]2COc2cc(CI)nc(C)n2)nc1. The molecule has 3 rings (SSSR count). The van der Waals surface area contributed by atoms with Crippen molar-refractivity contribution in [2.45, 2.75) is 30.6 Å². The average Bonchev–Trinajstić information content (AvgIpc) is 3.25. The first-order valence-electron chi connectivity index (χ1n) is 7.11. The van der Waals surface area contributed by atoms with Crippen molar-refractivity contribution in [1.82, 2.24) is 15.0 Å². The van der Waals surface area contributed by atoms with E-state index in [0.717, 1.165) is 22.4 Å². The van der Waals surface area contributed by atoms with Crippen molar-refractivity contribution >= 4 is 22.6 Å². The van der Waals surface area contributed by atoms with E-state index in [1.54, 1.807) is 0 Å². The van der Waals surface area contributed by atoms with Gasteiger partial charge in [0, 0.05) is 34.2 Å². The van der Waals surface area contributed by atoms with Gasteiger partial charge in [0.05, 0.1) is 12.3 Å². The predicted octanol–water partition coefficient (Wildman–Crippen LogP) is 3.61. The van der Waals surface area contributed by atoms with E-state index in [2.05, 4.69) is 56.6 Å². The Balaban J connectivity index is 1.57. The van der Waals surface area contributed by atoms with Crippen molar-refractivity contribution in [3.8, 4) is 5.88 Å². The highest BCUT2D eigenvalue weighted by atomic mass is 127. The molecule has 0 unspecified atom stereocenters. The molecule has 0 amide bonds. The Kier molecular flexibility index (Phi) is 4.37. The Bertz CT molecular complexity index is 630. The van der Waals surface area contributed by atoms with E-state index < -0.39 is 0 Å². The molecule has 1 aliphatic carbocycles. The van der Waals surface area contributed by atoms with Crippen LogP contribution < -0.4 is 4.74 Å². The fourth-order valence-corrected chi connectivity index (χ4v) is 2.82. The topological polar surface area (TPSA) is 47.9 Å². The van der Waals surface area contributed by atoms with Crippen LogP contribution in [0.2, 0.25) is 0 Å². The minimum absolute atomic E-state index is 0.539. The fraction of sp³-hybridized carbons (Fsp3) is 0.438. The number of pyridine rings is 1. The molecule has 2 heterocycles. The fourth-order valence-electron chi connectivity index (χ4n) is 2.43. The number of hydrogen-bond donors (Lipinski definition) is 0. The van der Waals surface area contributed by atoms with Crippen LogP contribution in [0.15, 0.2) is 24.4 Å². The van der Waals surface area contributed by atoms with Crippen molar-refractivity contribution in [3.63, 3.8) is 0 Å². The maximum Gasteiger partial charge on any atom is 0.216 e. The Hall–Kier alpha value is -1.24. The maximum atomic E-state index is 5.85. The summed E-state index contributed by atoms with van der Waals surface area (Å²) in [6.07, 6.45) is 3.09. The first kappa shape index (κ1) is 14.7. The van der Waals surface area contributed by atoms with Gasteiger partial charge in [-0.2, -0.15) is 4.98 Å². The summed E-state index contributed by atoms with van der Waals surface area (Å²) < 4.78 is 6.72. The van der Waals surface area contributed by atoms with E-state index in [1.807, 2.05) is 19.2 Å². The molecule has 21 heavy (non-hydrogen) atoms. The lowest BCUT2D eigenvalue weighted by molar-refractivity contribution is 0.284.